The Bertz CT molecular complexity index is 872. The SMILES string of the molecule is CC(=O)Nc1c(C)cc(Nc2ccc(S(=O)(=O)C(F)F)cc2)cc1C. The van der Waals surface area contributed by atoms with Gasteiger partial charge in [-0.3, -0.25) is 4.79 Å². The van der Waals surface area contributed by atoms with Crippen LogP contribution >= 0.6 is 0 Å². The lowest BCUT2D eigenvalue weighted by Crippen LogP contribution is -2.11. The van der Waals surface area contributed by atoms with Crippen LogP contribution in [0.4, 0.5) is 25.8 Å². The number of halogens is 2. The molecular formula is C17H18F2N2O3S. The molecule has 0 bridgehead atoms. The summed E-state index contributed by atoms with van der Waals surface area (Å²) in [5.74, 6) is -3.61. The van der Waals surface area contributed by atoms with Gasteiger partial charge in [0.2, 0.25) is 15.7 Å². The number of nitrogens with one attached hydrogen (secondary N) is 2. The van der Waals surface area contributed by atoms with Crippen molar-refractivity contribution in [2.75, 3.05) is 10.6 Å². The number of alkyl halides is 2. The van der Waals surface area contributed by atoms with E-state index in [9.17, 15) is 22.0 Å². The summed E-state index contributed by atoms with van der Waals surface area (Å²) in [5, 5.41) is 5.84. The lowest BCUT2D eigenvalue weighted by atomic mass is 10.1. The predicted octanol–water partition coefficient (Wildman–Crippen LogP) is 4.00. The second kappa shape index (κ2) is 7.18. The summed E-state index contributed by atoms with van der Waals surface area (Å²) in [5.41, 5.74) is 3.73. The van der Waals surface area contributed by atoms with Crippen molar-refractivity contribution < 1.29 is 22.0 Å². The van der Waals surface area contributed by atoms with Crippen LogP contribution in [0.25, 0.3) is 0 Å². The Labute approximate surface area is 145 Å². The summed E-state index contributed by atoms with van der Waals surface area (Å²) in [6, 6.07) is 8.75. The molecule has 0 aliphatic rings. The van der Waals surface area contributed by atoms with Crippen LogP contribution in [0.3, 0.4) is 0 Å². The third-order valence-corrected chi connectivity index (χ3v) is 4.94. The fourth-order valence-electron chi connectivity index (χ4n) is 2.41. The van der Waals surface area contributed by atoms with Crippen molar-refractivity contribution in [3.63, 3.8) is 0 Å². The number of hydrogen-bond acceptors (Lipinski definition) is 4. The maximum absolute atomic E-state index is 12.5. The Kier molecular flexibility index (Phi) is 5.42. The molecule has 0 aliphatic carbocycles. The molecule has 0 saturated heterocycles. The smallest absolute Gasteiger partial charge is 0.341 e. The van der Waals surface area contributed by atoms with Gasteiger partial charge in [0.15, 0.2) is 0 Å². The zero-order valence-electron chi connectivity index (χ0n) is 13.9. The molecule has 0 unspecified atom stereocenters. The second-order valence-electron chi connectivity index (χ2n) is 5.62. The first-order valence-corrected chi connectivity index (χ1v) is 8.94. The van der Waals surface area contributed by atoms with Gasteiger partial charge < -0.3 is 10.6 Å². The standard InChI is InChI=1S/C17H18F2N2O3S/c1-10-8-14(9-11(2)16(10)20-12(3)22)21-13-4-6-15(7-5-13)25(23,24)17(18)19/h4-9,17,21H,1-3H3,(H,20,22). The van der Waals surface area contributed by atoms with Crippen LogP contribution in [-0.2, 0) is 14.6 Å². The van der Waals surface area contributed by atoms with Crippen molar-refractivity contribution in [1.29, 1.82) is 0 Å². The van der Waals surface area contributed by atoms with Crippen molar-refractivity contribution >= 4 is 32.8 Å². The lowest BCUT2D eigenvalue weighted by molar-refractivity contribution is -0.114. The highest BCUT2D eigenvalue weighted by Gasteiger charge is 2.26. The van der Waals surface area contributed by atoms with E-state index in [1.54, 1.807) is 0 Å². The minimum Gasteiger partial charge on any atom is -0.356 e. The van der Waals surface area contributed by atoms with Gasteiger partial charge in [0.05, 0.1) is 4.90 Å². The van der Waals surface area contributed by atoms with Crippen molar-refractivity contribution in [2.24, 2.45) is 0 Å². The first-order valence-electron chi connectivity index (χ1n) is 7.39. The van der Waals surface area contributed by atoms with Crippen LogP contribution in [0.2, 0.25) is 0 Å². The fourth-order valence-corrected chi connectivity index (χ4v) is 3.13. The van der Waals surface area contributed by atoms with Crippen LogP contribution in [0, 0.1) is 13.8 Å². The van der Waals surface area contributed by atoms with Crippen LogP contribution < -0.4 is 10.6 Å². The molecule has 0 aromatic heterocycles. The molecule has 0 radical (unpaired) electrons. The zero-order valence-corrected chi connectivity index (χ0v) is 14.7. The van der Waals surface area contributed by atoms with E-state index in [4.69, 9.17) is 0 Å². The Balaban J connectivity index is 2.24. The van der Waals surface area contributed by atoms with E-state index in [1.807, 2.05) is 26.0 Å². The number of anilines is 3. The molecule has 0 spiro atoms. The summed E-state index contributed by atoms with van der Waals surface area (Å²) in [6.45, 7) is 5.13. The van der Waals surface area contributed by atoms with E-state index >= 15 is 0 Å². The summed E-state index contributed by atoms with van der Waals surface area (Å²) in [7, 11) is -4.60. The highest BCUT2D eigenvalue weighted by atomic mass is 32.2. The van der Waals surface area contributed by atoms with Crippen LogP contribution in [-0.4, -0.2) is 20.1 Å². The molecule has 134 valence electrons. The van der Waals surface area contributed by atoms with Crippen LogP contribution in [0.15, 0.2) is 41.3 Å². The molecule has 2 N–H and O–H groups in total. The van der Waals surface area contributed by atoms with Crippen molar-refractivity contribution in [1.82, 2.24) is 0 Å². The predicted molar refractivity (Wildman–Crippen MR) is 93.1 cm³/mol. The molecule has 0 aliphatic heterocycles. The van der Waals surface area contributed by atoms with E-state index < -0.39 is 20.5 Å². The first kappa shape index (κ1) is 18.9. The molecule has 1 amide bonds. The van der Waals surface area contributed by atoms with E-state index in [-0.39, 0.29) is 5.91 Å². The fraction of sp³-hybridized carbons (Fsp3) is 0.235. The van der Waals surface area contributed by atoms with Crippen LogP contribution in [0.1, 0.15) is 18.1 Å². The van der Waals surface area contributed by atoms with Gasteiger partial charge in [-0.2, -0.15) is 8.78 Å². The Morgan fingerprint density at radius 3 is 1.96 bits per heavy atom. The van der Waals surface area contributed by atoms with E-state index in [0.29, 0.717) is 5.69 Å². The summed E-state index contributed by atoms with van der Waals surface area (Å²) >= 11 is 0. The number of amides is 1. The molecule has 0 atom stereocenters. The lowest BCUT2D eigenvalue weighted by Gasteiger charge is -2.14. The van der Waals surface area contributed by atoms with Crippen LogP contribution in [0.5, 0.6) is 0 Å². The summed E-state index contributed by atoms with van der Waals surface area (Å²) in [4.78, 5) is 10.8. The maximum Gasteiger partial charge on any atom is 0.341 e. The van der Waals surface area contributed by atoms with Gasteiger partial charge in [-0.15, -0.1) is 0 Å². The monoisotopic (exact) mass is 368 g/mol. The average Bonchev–Trinajstić information content (AvgIpc) is 2.51. The first-order chi connectivity index (χ1) is 11.6. The second-order valence-corrected chi connectivity index (χ2v) is 7.54. The number of carbonyl (C=O) groups is 1. The van der Waals surface area contributed by atoms with Gasteiger partial charge in [-0.1, -0.05) is 0 Å². The molecule has 2 aromatic carbocycles. The van der Waals surface area contributed by atoms with Gasteiger partial charge >= 0.3 is 5.76 Å². The number of benzene rings is 2. The Morgan fingerprint density at radius 1 is 1.00 bits per heavy atom. The third-order valence-electron chi connectivity index (χ3n) is 3.54. The molecular weight excluding hydrogens is 350 g/mol. The number of sulfone groups is 1. The number of aryl methyl sites for hydroxylation is 2. The van der Waals surface area contributed by atoms with Crippen molar-refractivity contribution in [2.45, 2.75) is 31.4 Å². The number of rotatable bonds is 5. The van der Waals surface area contributed by atoms with Gasteiger partial charge in [-0.05, 0) is 61.4 Å². The molecule has 2 rings (SSSR count). The molecule has 25 heavy (non-hydrogen) atoms. The Morgan fingerprint density at radius 2 is 1.52 bits per heavy atom. The van der Waals surface area contributed by atoms with E-state index in [2.05, 4.69) is 10.6 Å². The highest BCUT2D eigenvalue weighted by molar-refractivity contribution is 7.91. The Hall–Kier alpha value is -2.48. The van der Waals surface area contributed by atoms with Gasteiger partial charge in [0, 0.05) is 24.0 Å². The van der Waals surface area contributed by atoms with Gasteiger partial charge in [0.25, 0.3) is 0 Å². The minimum absolute atomic E-state index is 0.164. The zero-order chi connectivity index (χ0) is 18.8. The summed E-state index contributed by atoms with van der Waals surface area (Å²) < 4.78 is 47.9. The largest absolute Gasteiger partial charge is 0.356 e. The quantitative estimate of drug-likeness (QED) is 0.836. The normalized spacial score (nSPS) is 11.4. The molecule has 0 fully saturated rings. The van der Waals surface area contributed by atoms with Gasteiger partial charge in [-0.25, -0.2) is 8.42 Å². The third kappa shape index (κ3) is 4.33. The van der Waals surface area contributed by atoms with E-state index in [1.165, 1.54) is 19.1 Å². The minimum atomic E-state index is -4.60. The molecule has 0 heterocycles. The van der Waals surface area contributed by atoms with Crippen molar-refractivity contribution in [3.8, 4) is 0 Å². The van der Waals surface area contributed by atoms with E-state index in [0.717, 1.165) is 34.6 Å². The number of carbonyl (C=O) groups excluding carboxylic acids is 1. The molecule has 0 saturated carbocycles. The van der Waals surface area contributed by atoms with Gasteiger partial charge in [0.1, 0.15) is 0 Å². The van der Waals surface area contributed by atoms with Crippen molar-refractivity contribution in [3.05, 3.63) is 47.5 Å². The highest BCUT2D eigenvalue weighted by Crippen LogP contribution is 2.28. The summed E-state index contributed by atoms with van der Waals surface area (Å²) in [6.07, 6.45) is 0. The molecule has 8 heteroatoms. The molecule has 2 aromatic rings. The topological polar surface area (TPSA) is 75.3 Å². The molecule has 5 nitrogen and oxygen atoms in total. The number of hydrogen-bond donors (Lipinski definition) is 2. The maximum atomic E-state index is 12.5. The average molecular weight is 368 g/mol.